The van der Waals surface area contributed by atoms with Crippen LogP contribution in [-0.2, 0) is 4.43 Å². The van der Waals surface area contributed by atoms with Crippen molar-refractivity contribution in [2.75, 3.05) is 6.61 Å². The average Bonchev–Trinajstić information content (AvgIpc) is 2.46. The Kier molecular flexibility index (Phi) is 5.58. The molecule has 1 aliphatic heterocycles. The second-order valence-electron chi connectivity index (χ2n) is 7.73. The van der Waals surface area contributed by atoms with Gasteiger partial charge in [-0.15, -0.1) is 0 Å². The Morgan fingerprint density at radius 1 is 1.13 bits per heavy atom. The topological polar surface area (TPSA) is 27.7 Å². The lowest BCUT2D eigenvalue weighted by Crippen LogP contribution is -2.41. The Morgan fingerprint density at radius 2 is 1.78 bits per heavy atom. The van der Waals surface area contributed by atoms with Crippen LogP contribution < -0.4 is 9.47 Å². The molecular weight excluding hydrogens is 304 g/mol. The summed E-state index contributed by atoms with van der Waals surface area (Å²) in [5.41, 5.74) is 0. The fourth-order valence-corrected chi connectivity index (χ4v) is 3.34. The monoisotopic (exact) mass is 334 g/mol. The van der Waals surface area contributed by atoms with Crippen LogP contribution in [0.1, 0.15) is 40.0 Å². The van der Waals surface area contributed by atoms with Gasteiger partial charge in [0.1, 0.15) is 5.76 Å². The third-order valence-corrected chi connectivity index (χ3v) is 9.39. The van der Waals surface area contributed by atoms with Crippen LogP contribution in [0.2, 0.25) is 18.1 Å². The van der Waals surface area contributed by atoms with Gasteiger partial charge in [0.25, 0.3) is 0 Å². The quantitative estimate of drug-likeness (QED) is 0.505. The second-order valence-corrected chi connectivity index (χ2v) is 12.5. The van der Waals surface area contributed by atoms with E-state index in [0.29, 0.717) is 5.76 Å². The standard InChI is InChI=1S/C19H30O3Si/c1-15-16(22-18-13-8-7-12-17(18)21-15)11-9-10-14-20-23(5,6)19(2,3)4/h7-8,12-13,16H,1,9-11,14H2,2-6H3. The van der Waals surface area contributed by atoms with Crippen LogP contribution in [0.25, 0.3) is 0 Å². The number of para-hydroxylation sites is 2. The fourth-order valence-electron chi connectivity index (χ4n) is 2.25. The summed E-state index contributed by atoms with van der Waals surface area (Å²) >= 11 is 0. The summed E-state index contributed by atoms with van der Waals surface area (Å²) < 4.78 is 18.0. The smallest absolute Gasteiger partial charge is 0.191 e. The van der Waals surface area contributed by atoms with Gasteiger partial charge < -0.3 is 13.9 Å². The first-order valence-corrected chi connectivity index (χ1v) is 11.4. The molecule has 0 spiro atoms. The molecule has 1 aromatic carbocycles. The Morgan fingerprint density at radius 3 is 2.43 bits per heavy atom. The molecule has 128 valence electrons. The van der Waals surface area contributed by atoms with Crippen molar-refractivity contribution in [2.45, 2.75) is 64.3 Å². The van der Waals surface area contributed by atoms with Gasteiger partial charge in [-0.1, -0.05) is 39.5 Å². The lowest BCUT2D eigenvalue weighted by molar-refractivity contribution is 0.136. The van der Waals surface area contributed by atoms with Crippen molar-refractivity contribution >= 4 is 8.32 Å². The number of ether oxygens (including phenoxy) is 2. The van der Waals surface area contributed by atoms with Crippen LogP contribution in [0.4, 0.5) is 0 Å². The number of benzene rings is 1. The maximum Gasteiger partial charge on any atom is 0.191 e. The van der Waals surface area contributed by atoms with Gasteiger partial charge in [0.15, 0.2) is 25.9 Å². The molecular formula is C19H30O3Si. The van der Waals surface area contributed by atoms with Gasteiger partial charge in [-0.2, -0.15) is 0 Å². The third-order valence-electron chi connectivity index (χ3n) is 4.85. The van der Waals surface area contributed by atoms with Crippen molar-refractivity contribution in [3.8, 4) is 11.5 Å². The molecule has 0 bridgehead atoms. The van der Waals surface area contributed by atoms with E-state index in [0.717, 1.165) is 37.4 Å². The van der Waals surface area contributed by atoms with Gasteiger partial charge in [0, 0.05) is 6.61 Å². The van der Waals surface area contributed by atoms with Crippen molar-refractivity contribution in [3.63, 3.8) is 0 Å². The van der Waals surface area contributed by atoms with Crippen LogP contribution in [0.15, 0.2) is 36.6 Å². The minimum Gasteiger partial charge on any atom is -0.479 e. The van der Waals surface area contributed by atoms with Crippen LogP contribution in [0, 0.1) is 0 Å². The molecule has 0 aromatic heterocycles. The van der Waals surface area contributed by atoms with Crippen LogP contribution >= 0.6 is 0 Å². The average molecular weight is 335 g/mol. The van der Waals surface area contributed by atoms with E-state index < -0.39 is 8.32 Å². The zero-order chi connectivity index (χ0) is 17.1. The van der Waals surface area contributed by atoms with Gasteiger partial charge >= 0.3 is 0 Å². The highest BCUT2D eigenvalue weighted by atomic mass is 28.4. The highest BCUT2D eigenvalue weighted by Gasteiger charge is 2.36. The minimum absolute atomic E-state index is 0.0576. The molecule has 23 heavy (non-hydrogen) atoms. The summed E-state index contributed by atoms with van der Waals surface area (Å²) in [6, 6.07) is 7.74. The predicted molar refractivity (Wildman–Crippen MR) is 97.6 cm³/mol. The van der Waals surface area contributed by atoms with E-state index in [4.69, 9.17) is 13.9 Å². The summed E-state index contributed by atoms with van der Waals surface area (Å²) in [5.74, 6) is 2.27. The van der Waals surface area contributed by atoms with Crippen molar-refractivity contribution in [1.82, 2.24) is 0 Å². The van der Waals surface area contributed by atoms with E-state index in [1.54, 1.807) is 0 Å². The number of rotatable bonds is 6. The SMILES string of the molecule is C=C1Oc2ccccc2OC1CCCCO[Si](C)(C)C(C)(C)C. The van der Waals surface area contributed by atoms with Crippen LogP contribution in [-0.4, -0.2) is 21.0 Å². The Labute approximate surface area is 141 Å². The van der Waals surface area contributed by atoms with Gasteiger partial charge in [-0.25, -0.2) is 0 Å². The van der Waals surface area contributed by atoms with Crippen molar-refractivity contribution < 1.29 is 13.9 Å². The molecule has 0 saturated heterocycles. The number of hydrogen-bond donors (Lipinski definition) is 0. The van der Waals surface area contributed by atoms with E-state index in [9.17, 15) is 0 Å². The second kappa shape index (κ2) is 7.10. The molecule has 0 saturated carbocycles. The van der Waals surface area contributed by atoms with Gasteiger partial charge in [0.05, 0.1) is 0 Å². The molecule has 2 rings (SSSR count). The molecule has 1 atom stereocenters. The third kappa shape index (κ3) is 4.61. The van der Waals surface area contributed by atoms with Gasteiger partial charge in [-0.3, -0.25) is 0 Å². The maximum absolute atomic E-state index is 6.21. The molecule has 0 aliphatic carbocycles. The van der Waals surface area contributed by atoms with Crippen LogP contribution in [0.5, 0.6) is 11.5 Å². The first-order chi connectivity index (χ1) is 10.7. The summed E-state index contributed by atoms with van der Waals surface area (Å²) in [6.45, 7) is 16.2. The lowest BCUT2D eigenvalue weighted by Gasteiger charge is -2.36. The molecule has 0 fully saturated rings. The molecule has 1 aromatic rings. The Bertz CT molecular complexity index is 546. The molecule has 0 N–H and O–H groups in total. The van der Waals surface area contributed by atoms with E-state index in [1.807, 2.05) is 24.3 Å². The number of unbranched alkanes of at least 4 members (excludes halogenated alkanes) is 1. The summed E-state index contributed by atoms with van der Waals surface area (Å²) in [4.78, 5) is 0. The largest absolute Gasteiger partial charge is 0.479 e. The first kappa shape index (κ1) is 18.1. The highest BCUT2D eigenvalue weighted by molar-refractivity contribution is 6.74. The van der Waals surface area contributed by atoms with E-state index in [2.05, 4.69) is 40.4 Å². The zero-order valence-electron chi connectivity index (χ0n) is 15.1. The first-order valence-electron chi connectivity index (χ1n) is 8.47. The normalized spacial score (nSPS) is 18.1. The number of hydrogen-bond acceptors (Lipinski definition) is 3. The summed E-state index contributed by atoms with van der Waals surface area (Å²) in [5, 5.41) is 0.269. The van der Waals surface area contributed by atoms with Crippen molar-refractivity contribution in [1.29, 1.82) is 0 Å². The van der Waals surface area contributed by atoms with E-state index in [1.165, 1.54) is 0 Å². The number of fused-ring (bicyclic) bond motifs is 1. The molecule has 0 radical (unpaired) electrons. The van der Waals surface area contributed by atoms with E-state index in [-0.39, 0.29) is 11.1 Å². The molecule has 4 heteroatoms. The minimum atomic E-state index is -1.63. The lowest BCUT2D eigenvalue weighted by atomic mass is 10.1. The Hall–Kier alpha value is -1.26. The van der Waals surface area contributed by atoms with Crippen LogP contribution in [0.3, 0.4) is 0 Å². The zero-order valence-corrected chi connectivity index (χ0v) is 16.1. The maximum atomic E-state index is 6.21. The van der Waals surface area contributed by atoms with E-state index >= 15 is 0 Å². The van der Waals surface area contributed by atoms with Crippen molar-refractivity contribution in [3.05, 3.63) is 36.6 Å². The molecule has 1 aliphatic rings. The summed E-state index contributed by atoms with van der Waals surface area (Å²) in [7, 11) is -1.63. The van der Waals surface area contributed by atoms with Gasteiger partial charge in [0.2, 0.25) is 0 Å². The molecule has 1 heterocycles. The predicted octanol–water partition coefficient (Wildman–Crippen LogP) is 5.53. The fraction of sp³-hybridized carbons (Fsp3) is 0.579. The molecule has 0 amide bonds. The molecule has 3 nitrogen and oxygen atoms in total. The Balaban J connectivity index is 1.74. The summed E-state index contributed by atoms with van der Waals surface area (Å²) in [6.07, 6.45) is 2.94. The van der Waals surface area contributed by atoms with Crippen molar-refractivity contribution in [2.24, 2.45) is 0 Å². The van der Waals surface area contributed by atoms with Gasteiger partial charge in [-0.05, 0) is 49.5 Å². The molecule has 1 unspecified atom stereocenters. The highest BCUT2D eigenvalue weighted by Crippen LogP contribution is 2.37.